The second-order valence-corrected chi connectivity index (χ2v) is 7.55. The Bertz CT molecular complexity index is 943. The SMILES string of the molecule is CN(C[C@@H](O)c1ccc(O)cc1)C(=O)CN1C(=O)S/C(=C/c2ccccc2)C1=O. The number of likely N-dealkylation sites (N-methyl/N-ethyl adjacent to an activating group) is 1. The van der Waals surface area contributed by atoms with E-state index in [2.05, 4.69) is 0 Å². The van der Waals surface area contributed by atoms with Gasteiger partial charge in [0.1, 0.15) is 12.3 Å². The molecule has 8 heteroatoms. The quantitative estimate of drug-likeness (QED) is 0.708. The molecule has 0 aromatic heterocycles. The van der Waals surface area contributed by atoms with Gasteiger partial charge in [-0.05, 0) is 41.1 Å². The predicted octanol–water partition coefficient (Wildman–Crippen LogP) is 2.62. The highest BCUT2D eigenvalue weighted by molar-refractivity contribution is 8.18. The van der Waals surface area contributed by atoms with Gasteiger partial charge >= 0.3 is 0 Å². The number of aliphatic hydroxyl groups excluding tert-OH is 1. The molecule has 2 aromatic rings. The third-order valence-corrected chi connectivity index (χ3v) is 5.32. The number of hydrogen-bond acceptors (Lipinski definition) is 6. The average molecular weight is 412 g/mol. The first-order chi connectivity index (χ1) is 13.8. The summed E-state index contributed by atoms with van der Waals surface area (Å²) in [7, 11) is 1.49. The van der Waals surface area contributed by atoms with Crippen LogP contribution in [-0.4, -0.2) is 57.2 Å². The van der Waals surface area contributed by atoms with E-state index >= 15 is 0 Å². The Hall–Kier alpha value is -3.10. The summed E-state index contributed by atoms with van der Waals surface area (Å²) >= 11 is 0.797. The normalized spacial score (nSPS) is 16.3. The van der Waals surface area contributed by atoms with E-state index in [1.54, 1.807) is 18.2 Å². The predicted molar refractivity (Wildman–Crippen MR) is 110 cm³/mol. The molecule has 0 bridgehead atoms. The number of nitrogens with zero attached hydrogens (tertiary/aromatic N) is 2. The largest absolute Gasteiger partial charge is 0.508 e. The van der Waals surface area contributed by atoms with Crippen LogP contribution in [0.5, 0.6) is 5.75 Å². The fourth-order valence-electron chi connectivity index (χ4n) is 2.76. The number of hydrogen-bond donors (Lipinski definition) is 2. The van der Waals surface area contributed by atoms with Crippen molar-refractivity contribution in [3.8, 4) is 5.75 Å². The van der Waals surface area contributed by atoms with Crippen molar-refractivity contribution in [1.29, 1.82) is 0 Å². The molecule has 3 amide bonds. The molecule has 2 aromatic carbocycles. The van der Waals surface area contributed by atoms with E-state index in [0.717, 1.165) is 22.2 Å². The standard InChI is InChI=1S/C21H20N2O5S/c1-22(12-17(25)15-7-9-16(24)10-8-15)19(26)13-23-20(27)18(29-21(23)28)11-14-5-3-2-4-6-14/h2-11,17,24-25H,12-13H2,1H3/b18-11+/t17-/m1/s1. The lowest BCUT2D eigenvalue weighted by Gasteiger charge is -2.23. The molecule has 0 aliphatic carbocycles. The Morgan fingerprint density at radius 1 is 1.14 bits per heavy atom. The molecule has 29 heavy (non-hydrogen) atoms. The summed E-state index contributed by atoms with van der Waals surface area (Å²) in [6, 6.07) is 15.1. The number of phenolic OH excluding ortho intramolecular Hbond substituents is 1. The third-order valence-electron chi connectivity index (χ3n) is 4.41. The monoisotopic (exact) mass is 412 g/mol. The van der Waals surface area contributed by atoms with E-state index in [1.807, 2.05) is 30.3 Å². The van der Waals surface area contributed by atoms with E-state index in [0.29, 0.717) is 5.56 Å². The van der Waals surface area contributed by atoms with Crippen molar-refractivity contribution in [2.24, 2.45) is 0 Å². The van der Waals surface area contributed by atoms with Gasteiger partial charge in [-0.2, -0.15) is 0 Å². The fraction of sp³-hybridized carbons (Fsp3) is 0.190. The van der Waals surface area contributed by atoms with Gasteiger partial charge in [-0.3, -0.25) is 19.3 Å². The maximum Gasteiger partial charge on any atom is 0.294 e. The van der Waals surface area contributed by atoms with Crippen molar-refractivity contribution in [2.75, 3.05) is 20.1 Å². The highest BCUT2D eigenvalue weighted by atomic mass is 32.2. The van der Waals surface area contributed by atoms with Crippen molar-refractivity contribution >= 4 is 34.9 Å². The van der Waals surface area contributed by atoms with Crippen LogP contribution < -0.4 is 0 Å². The van der Waals surface area contributed by atoms with Crippen molar-refractivity contribution in [1.82, 2.24) is 9.80 Å². The molecule has 1 aliphatic rings. The molecular weight excluding hydrogens is 392 g/mol. The Morgan fingerprint density at radius 3 is 2.45 bits per heavy atom. The maximum atomic E-state index is 12.5. The van der Waals surface area contributed by atoms with Crippen LogP contribution >= 0.6 is 11.8 Å². The van der Waals surface area contributed by atoms with Gasteiger partial charge in [-0.15, -0.1) is 0 Å². The van der Waals surface area contributed by atoms with E-state index in [-0.39, 0.29) is 17.2 Å². The summed E-state index contributed by atoms with van der Waals surface area (Å²) in [5.74, 6) is -0.899. The molecule has 0 saturated carbocycles. The second-order valence-electron chi connectivity index (χ2n) is 6.56. The zero-order valence-corrected chi connectivity index (χ0v) is 16.5. The number of aromatic hydroxyl groups is 1. The van der Waals surface area contributed by atoms with Crippen LogP contribution in [0.25, 0.3) is 6.08 Å². The Kier molecular flexibility index (Phi) is 6.36. The van der Waals surface area contributed by atoms with E-state index in [4.69, 9.17) is 0 Å². The van der Waals surface area contributed by atoms with Gasteiger partial charge in [0.2, 0.25) is 5.91 Å². The zero-order valence-electron chi connectivity index (χ0n) is 15.7. The average Bonchev–Trinajstić information content (AvgIpc) is 2.96. The van der Waals surface area contributed by atoms with Gasteiger partial charge in [0.05, 0.1) is 17.6 Å². The number of aliphatic hydroxyl groups is 1. The van der Waals surface area contributed by atoms with Crippen molar-refractivity contribution < 1.29 is 24.6 Å². The van der Waals surface area contributed by atoms with Crippen LogP contribution in [0.15, 0.2) is 59.5 Å². The van der Waals surface area contributed by atoms with E-state index in [1.165, 1.54) is 24.1 Å². The topological polar surface area (TPSA) is 98.2 Å². The lowest BCUT2D eigenvalue weighted by molar-refractivity contribution is -0.135. The first kappa shape index (κ1) is 20.6. The number of amides is 3. The van der Waals surface area contributed by atoms with Crippen LogP contribution in [0.2, 0.25) is 0 Å². The van der Waals surface area contributed by atoms with Crippen molar-refractivity contribution in [2.45, 2.75) is 6.10 Å². The summed E-state index contributed by atoms with van der Waals surface area (Å²) in [5, 5.41) is 19.1. The summed E-state index contributed by atoms with van der Waals surface area (Å²) in [6.07, 6.45) is 0.658. The van der Waals surface area contributed by atoms with Gasteiger partial charge < -0.3 is 15.1 Å². The summed E-state index contributed by atoms with van der Waals surface area (Å²) in [4.78, 5) is 39.6. The minimum absolute atomic E-state index is 0.0142. The Labute approximate surface area is 172 Å². The Morgan fingerprint density at radius 2 is 1.79 bits per heavy atom. The molecule has 1 saturated heterocycles. The molecule has 1 fully saturated rings. The molecule has 1 aliphatic heterocycles. The van der Waals surface area contributed by atoms with E-state index < -0.39 is 29.7 Å². The lowest BCUT2D eigenvalue weighted by Crippen LogP contribution is -2.41. The number of carbonyl (C=O) groups excluding carboxylic acids is 3. The zero-order chi connectivity index (χ0) is 21.0. The number of rotatable bonds is 6. The van der Waals surface area contributed by atoms with Crippen molar-refractivity contribution in [3.05, 3.63) is 70.6 Å². The molecule has 0 spiro atoms. The van der Waals surface area contributed by atoms with E-state index in [9.17, 15) is 24.6 Å². The molecule has 1 heterocycles. The molecule has 2 N–H and O–H groups in total. The van der Waals surface area contributed by atoms with Crippen LogP contribution in [0.1, 0.15) is 17.2 Å². The number of benzene rings is 2. The van der Waals surface area contributed by atoms with Gasteiger partial charge in [-0.1, -0.05) is 42.5 Å². The molecule has 150 valence electrons. The summed E-state index contributed by atoms with van der Waals surface area (Å²) in [5.41, 5.74) is 1.33. The molecule has 0 unspecified atom stereocenters. The number of thioether (sulfide) groups is 1. The molecule has 0 radical (unpaired) electrons. The van der Waals surface area contributed by atoms with Crippen molar-refractivity contribution in [3.63, 3.8) is 0 Å². The molecule has 7 nitrogen and oxygen atoms in total. The summed E-state index contributed by atoms with van der Waals surface area (Å²) < 4.78 is 0. The van der Waals surface area contributed by atoms with Crippen LogP contribution in [0.4, 0.5) is 4.79 Å². The van der Waals surface area contributed by atoms with Crippen LogP contribution in [-0.2, 0) is 9.59 Å². The maximum absolute atomic E-state index is 12.5. The Balaban J connectivity index is 1.62. The molecule has 1 atom stereocenters. The summed E-state index contributed by atoms with van der Waals surface area (Å²) in [6.45, 7) is -0.407. The highest BCUT2D eigenvalue weighted by Crippen LogP contribution is 2.32. The first-order valence-electron chi connectivity index (χ1n) is 8.86. The number of imide groups is 1. The smallest absolute Gasteiger partial charge is 0.294 e. The fourth-order valence-corrected chi connectivity index (χ4v) is 3.59. The minimum Gasteiger partial charge on any atom is -0.508 e. The second kappa shape index (κ2) is 8.93. The van der Waals surface area contributed by atoms with Crippen LogP contribution in [0.3, 0.4) is 0 Å². The number of phenols is 1. The van der Waals surface area contributed by atoms with Gasteiger partial charge in [-0.25, -0.2) is 0 Å². The van der Waals surface area contributed by atoms with Crippen LogP contribution in [0, 0.1) is 0 Å². The first-order valence-corrected chi connectivity index (χ1v) is 9.68. The minimum atomic E-state index is -0.961. The molecular formula is C21H20N2O5S. The van der Waals surface area contributed by atoms with Gasteiger partial charge in [0, 0.05) is 7.05 Å². The van der Waals surface area contributed by atoms with Gasteiger partial charge in [0.25, 0.3) is 11.1 Å². The van der Waals surface area contributed by atoms with Gasteiger partial charge in [0.15, 0.2) is 0 Å². The third kappa shape index (κ3) is 5.04. The highest BCUT2D eigenvalue weighted by Gasteiger charge is 2.36. The lowest BCUT2D eigenvalue weighted by atomic mass is 10.1. The molecule has 3 rings (SSSR count). The number of carbonyl (C=O) groups is 3.